The molecule has 0 radical (unpaired) electrons. The summed E-state index contributed by atoms with van der Waals surface area (Å²) < 4.78 is 12.7. The van der Waals surface area contributed by atoms with Crippen molar-refractivity contribution in [2.45, 2.75) is 26.5 Å². The van der Waals surface area contributed by atoms with Gasteiger partial charge in [-0.15, -0.1) is 0 Å². The van der Waals surface area contributed by atoms with Crippen LogP contribution in [0.1, 0.15) is 42.4 Å². The van der Waals surface area contributed by atoms with E-state index in [1.54, 1.807) is 18.3 Å². The molecule has 5 rings (SSSR count). The molecule has 6 heteroatoms. The summed E-state index contributed by atoms with van der Waals surface area (Å²) in [4.78, 5) is 22.5. The summed E-state index contributed by atoms with van der Waals surface area (Å²) in [6, 6.07) is 29.5. The number of cyclic esters (lactones) is 1. The van der Waals surface area contributed by atoms with Crippen molar-refractivity contribution < 1.29 is 14.3 Å². The van der Waals surface area contributed by atoms with Crippen LogP contribution in [0.25, 0.3) is 0 Å². The second-order valence-corrected chi connectivity index (χ2v) is 8.73. The van der Waals surface area contributed by atoms with Gasteiger partial charge in [-0.1, -0.05) is 36.4 Å². The molecule has 0 bridgehead atoms. The third kappa shape index (κ3) is 4.18. The molecule has 1 aromatic heterocycles. The van der Waals surface area contributed by atoms with Crippen LogP contribution in [0.4, 0.5) is 17.1 Å². The summed E-state index contributed by atoms with van der Waals surface area (Å²) in [5.74, 6) is 0.227. The smallest absolute Gasteiger partial charge is 0.342 e. The summed E-state index contributed by atoms with van der Waals surface area (Å²) >= 11 is 0. The highest BCUT2D eigenvalue weighted by Gasteiger charge is 2.55. The number of aromatic nitrogens is 1. The van der Waals surface area contributed by atoms with Crippen LogP contribution in [0.15, 0.2) is 97.2 Å². The number of fused-ring (bicyclic) bond motifs is 1. The number of nitrogens with zero attached hydrogens (tertiary/aromatic N) is 3. The molecule has 3 aromatic carbocycles. The highest BCUT2D eigenvalue weighted by molar-refractivity contribution is 5.96. The lowest BCUT2D eigenvalue weighted by Crippen LogP contribution is -2.46. The molecule has 2 heterocycles. The molecule has 1 aliphatic heterocycles. The number of carbonyl (C=O) groups excluding carboxylic acids is 1. The van der Waals surface area contributed by atoms with Gasteiger partial charge in [0.25, 0.3) is 5.72 Å². The van der Waals surface area contributed by atoms with E-state index in [1.165, 1.54) is 0 Å². The molecule has 188 valence electrons. The van der Waals surface area contributed by atoms with Gasteiger partial charge in [0, 0.05) is 42.4 Å². The molecule has 4 aromatic rings. The quantitative estimate of drug-likeness (QED) is 0.247. The van der Waals surface area contributed by atoms with Crippen LogP contribution in [0.2, 0.25) is 0 Å². The molecule has 1 unspecified atom stereocenters. The lowest BCUT2D eigenvalue weighted by atomic mass is 9.92. The average Bonchev–Trinajstić information content (AvgIpc) is 3.24. The van der Waals surface area contributed by atoms with Gasteiger partial charge in [0.15, 0.2) is 0 Å². The van der Waals surface area contributed by atoms with E-state index in [2.05, 4.69) is 24.8 Å². The number of hydrogen-bond acceptors (Lipinski definition) is 6. The molecule has 0 fully saturated rings. The zero-order valence-electron chi connectivity index (χ0n) is 21.4. The lowest BCUT2D eigenvalue weighted by Gasteiger charge is -2.42. The summed E-state index contributed by atoms with van der Waals surface area (Å²) in [6.45, 7) is 8.41. The minimum absolute atomic E-state index is 0.421. The number of hydrogen-bond donors (Lipinski definition) is 0. The van der Waals surface area contributed by atoms with Crippen LogP contribution in [0.5, 0.6) is 5.75 Å². The zero-order valence-corrected chi connectivity index (χ0v) is 21.4. The van der Waals surface area contributed by atoms with Crippen molar-refractivity contribution in [2.24, 2.45) is 0 Å². The molecule has 6 nitrogen and oxygen atoms in total. The Balaban J connectivity index is 1.85. The third-order valence-corrected chi connectivity index (χ3v) is 6.69. The first-order valence-corrected chi connectivity index (χ1v) is 12.7. The molecule has 1 atom stereocenters. The van der Waals surface area contributed by atoms with Crippen molar-refractivity contribution in [3.8, 4) is 5.75 Å². The normalized spacial score (nSPS) is 16.1. The number of benzene rings is 3. The largest absolute Gasteiger partial charge is 0.493 e. The zero-order chi connectivity index (χ0) is 25.8. The predicted octanol–water partition coefficient (Wildman–Crippen LogP) is 6.54. The van der Waals surface area contributed by atoms with Gasteiger partial charge in [-0.05, 0) is 69.3 Å². The highest BCUT2D eigenvalue weighted by atomic mass is 16.6. The van der Waals surface area contributed by atoms with Gasteiger partial charge < -0.3 is 14.4 Å². The van der Waals surface area contributed by atoms with Crippen molar-refractivity contribution in [1.82, 2.24) is 4.98 Å². The molecule has 0 N–H and O–H groups in total. The van der Waals surface area contributed by atoms with E-state index in [-0.39, 0.29) is 0 Å². The maximum atomic E-state index is 13.4. The van der Waals surface area contributed by atoms with E-state index in [1.807, 2.05) is 84.6 Å². The van der Waals surface area contributed by atoms with Gasteiger partial charge in [-0.25, -0.2) is 4.79 Å². The highest BCUT2D eigenvalue weighted by Crippen LogP contribution is 2.52. The van der Waals surface area contributed by atoms with Crippen LogP contribution in [-0.2, 0) is 10.5 Å². The van der Waals surface area contributed by atoms with Crippen molar-refractivity contribution in [1.29, 1.82) is 0 Å². The fraction of sp³-hybridized carbons (Fsp3) is 0.226. The molecule has 0 aliphatic carbocycles. The number of ether oxygens (including phenoxy) is 2. The number of esters is 1. The Hall–Kier alpha value is -4.32. The lowest BCUT2D eigenvalue weighted by molar-refractivity contribution is 0.0113. The van der Waals surface area contributed by atoms with Crippen molar-refractivity contribution in [3.63, 3.8) is 0 Å². The summed E-state index contributed by atoms with van der Waals surface area (Å²) in [5, 5.41) is 0. The second-order valence-electron chi connectivity index (χ2n) is 8.73. The second kappa shape index (κ2) is 10.3. The molecular weight excluding hydrogens is 462 g/mol. The molecule has 1 aliphatic rings. The Labute approximate surface area is 218 Å². The average molecular weight is 494 g/mol. The number of anilines is 3. The molecule has 0 amide bonds. The molecule has 37 heavy (non-hydrogen) atoms. The predicted molar refractivity (Wildman–Crippen MR) is 147 cm³/mol. The fourth-order valence-corrected chi connectivity index (χ4v) is 5.05. The van der Waals surface area contributed by atoms with Gasteiger partial charge >= 0.3 is 5.97 Å². The van der Waals surface area contributed by atoms with Gasteiger partial charge in [-0.3, -0.25) is 9.88 Å². The molecule has 0 spiro atoms. The van der Waals surface area contributed by atoms with Crippen LogP contribution in [0, 0.1) is 0 Å². The van der Waals surface area contributed by atoms with Crippen LogP contribution in [-0.4, -0.2) is 30.6 Å². The van der Waals surface area contributed by atoms with E-state index in [9.17, 15) is 4.79 Å². The van der Waals surface area contributed by atoms with Gasteiger partial charge in [-0.2, -0.15) is 0 Å². The van der Waals surface area contributed by atoms with E-state index < -0.39 is 11.7 Å². The molecular formula is C31H31N3O3. The van der Waals surface area contributed by atoms with E-state index in [4.69, 9.17) is 14.5 Å². The third-order valence-electron chi connectivity index (χ3n) is 6.69. The summed E-state index contributed by atoms with van der Waals surface area (Å²) in [7, 11) is 0. The maximum absolute atomic E-state index is 13.4. The Morgan fingerprint density at radius 2 is 1.46 bits per heavy atom. The van der Waals surface area contributed by atoms with Crippen LogP contribution < -0.4 is 14.5 Å². The molecule has 0 saturated heterocycles. The Bertz CT molecular complexity index is 1330. The fourth-order valence-electron chi connectivity index (χ4n) is 5.05. The minimum Gasteiger partial charge on any atom is -0.493 e. The van der Waals surface area contributed by atoms with Gasteiger partial charge in [0.05, 0.1) is 17.7 Å². The van der Waals surface area contributed by atoms with E-state index in [0.717, 1.165) is 30.2 Å². The van der Waals surface area contributed by atoms with Crippen molar-refractivity contribution in [2.75, 3.05) is 29.5 Å². The van der Waals surface area contributed by atoms with Gasteiger partial charge in [0.2, 0.25) is 0 Å². The minimum atomic E-state index is -1.39. The standard InChI is InChI=1S/C31H31N3O3/c1-4-33(5-2)25-19-20-27(28(22-25)36-6-3)31(29-26(30(35)37-31)18-13-21-32-29)34(23-14-9-7-10-15-23)24-16-11-8-12-17-24/h7-22H,4-6H2,1-3H3. The first-order chi connectivity index (χ1) is 18.1. The Morgan fingerprint density at radius 3 is 2.05 bits per heavy atom. The number of rotatable bonds is 9. The first-order valence-electron chi connectivity index (χ1n) is 12.7. The van der Waals surface area contributed by atoms with E-state index in [0.29, 0.717) is 29.2 Å². The van der Waals surface area contributed by atoms with Gasteiger partial charge in [0.1, 0.15) is 11.4 Å². The van der Waals surface area contributed by atoms with Crippen LogP contribution >= 0.6 is 0 Å². The first kappa shape index (κ1) is 24.4. The Morgan fingerprint density at radius 1 is 0.811 bits per heavy atom. The number of carbonyl (C=O) groups is 1. The monoisotopic (exact) mass is 493 g/mol. The number of pyridine rings is 1. The summed E-state index contributed by atoms with van der Waals surface area (Å²) in [6.07, 6.45) is 1.70. The summed E-state index contributed by atoms with van der Waals surface area (Å²) in [5.41, 5.74) is 3.06. The van der Waals surface area contributed by atoms with Crippen molar-refractivity contribution in [3.05, 3.63) is 114 Å². The SMILES string of the molecule is CCOc1cc(N(CC)CC)ccc1C1(N(c2ccccc2)c2ccccc2)OC(=O)c2cccnc21. The topological polar surface area (TPSA) is 54.9 Å². The number of para-hydroxylation sites is 2. The maximum Gasteiger partial charge on any atom is 0.342 e. The molecule has 0 saturated carbocycles. The van der Waals surface area contributed by atoms with E-state index >= 15 is 0 Å². The van der Waals surface area contributed by atoms with Crippen LogP contribution in [0.3, 0.4) is 0 Å². The van der Waals surface area contributed by atoms with Crippen molar-refractivity contribution >= 4 is 23.0 Å². The Kier molecular flexibility index (Phi) is 6.82.